The Morgan fingerprint density at radius 1 is 1.23 bits per heavy atom. The lowest BCUT2D eigenvalue weighted by atomic mass is 10.2. The van der Waals surface area contributed by atoms with E-state index >= 15 is 0 Å². The van der Waals surface area contributed by atoms with Crippen molar-refractivity contribution in [3.63, 3.8) is 0 Å². The molecule has 1 saturated heterocycles. The summed E-state index contributed by atoms with van der Waals surface area (Å²) in [6.07, 6.45) is 3.04. The van der Waals surface area contributed by atoms with Crippen LogP contribution in [0.5, 0.6) is 11.5 Å². The Hall–Kier alpha value is -1.50. The van der Waals surface area contributed by atoms with E-state index in [1.807, 2.05) is 6.07 Å². The van der Waals surface area contributed by atoms with E-state index in [0.717, 1.165) is 52.0 Å². The molecule has 6 nitrogen and oxygen atoms in total. The fraction of sp³-hybridized carbons (Fsp3) is 0.632. The Labute approximate surface area is 163 Å². The zero-order valence-electron chi connectivity index (χ0n) is 15.9. The zero-order valence-corrected chi connectivity index (χ0v) is 16.7. The van der Waals surface area contributed by atoms with E-state index in [9.17, 15) is 4.79 Å². The van der Waals surface area contributed by atoms with E-state index < -0.39 is 0 Å². The van der Waals surface area contributed by atoms with E-state index in [-0.39, 0.29) is 18.3 Å². The molecule has 2 N–H and O–H groups in total. The molecule has 1 aliphatic rings. The van der Waals surface area contributed by atoms with Gasteiger partial charge in [0.25, 0.3) is 5.91 Å². The molecule has 1 aromatic rings. The van der Waals surface area contributed by atoms with E-state index in [1.54, 1.807) is 19.2 Å². The van der Waals surface area contributed by atoms with Gasteiger partial charge in [-0.15, -0.1) is 12.4 Å². The molecule has 1 amide bonds. The number of nitrogens with zero attached hydrogens (tertiary/aromatic N) is 1. The van der Waals surface area contributed by atoms with Gasteiger partial charge in [0, 0.05) is 38.3 Å². The molecule has 148 valence electrons. The summed E-state index contributed by atoms with van der Waals surface area (Å²) in [4.78, 5) is 14.7. The third-order valence-corrected chi connectivity index (χ3v) is 4.33. The lowest BCUT2D eigenvalue weighted by molar-refractivity contribution is 0.0951. The largest absolute Gasteiger partial charge is 0.493 e. The van der Waals surface area contributed by atoms with Gasteiger partial charge in [0.2, 0.25) is 0 Å². The predicted molar refractivity (Wildman–Crippen MR) is 107 cm³/mol. The average molecular weight is 386 g/mol. The van der Waals surface area contributed by atoms with Gasteiger partial charge in [-0.2, -0.15) is 0 Å². The van der Waals surface area contributed by atoms with Crippen LogP contribution in [0.15, 0.2) is 18.2 Å². The lowest BCUT2D eigenvalue weighted by Gasteiger charge is -2.27. The quantitative estimate of drug-likeness (QED) is 0.605. The minimum atomic E-state index is -0.0706. The van der Waals surface area contributed by atoms with Crippen molar-refractivity contribution in [2.45, 2.75) is 26.2 Å². The van der Waals surface area contributed by atoms with Gasteiger partial charge in [-0.1, -0.05) is 13.3 Å². The van der Waals surface area contributed by atoms with E-state index in [1.165, 1.54) is 0 Å². The smallest absolute Gasteiger partial charge is 0.251 e. The van der Waals surface area contributed by atoms with Crippen molar-refractivity contribution in [3.8, 4) is 11.5 Å². The Kier molecular flexibility index (Phi) is 11.1. The molecule has 26 heavy (non-hydrogen) atoms. The minimum absolute atomic E-state index is 0. The van der Waals surface area contributed by atoms with Crippen molar-refractivity contribution in [3.05, 3.63) is 23.8 Å². The van der Waals surface area contributed by atoms with Crippen molar-refractivity contribution in [2.75, 3.05) is 53.0 Å². The number of ether oxygens (including phenoxy) is 2. The highest BCUT2D eigenvalue weighted by Crippen LogP contribution is 2.28. The number of rotatable bonds is 10. The molecular weight excluding hydrogens is 354 g/mol. The van der Waals surface area contributed by atoms with Crippen LogP contribution in [-0.2, 0) is 0 Å². The summed E-state index contributed by atoms with van der Waals surface area (Å²) in [5, 5.41) is 6.33. The Bertz CT molecular complexity index is 537. The summed E-state index contributed by atoms with van der Waals surface area (Å²) in [6.45, 7) is 8.77. The van der Waals surface area contributed by atoms with Crippen molar-refractivity contribution in [2.24, 2.45) is 0 Å². The van der Waals surface area contributed by atoms with Gasteiger partial charge in [-0.3, -0.25) is 4.79 Å². The van der Waals surface area contributed by atoms with E-state index in [4.69, 9.17) is 9.47 Å². The highest BCUT2D eigenvalue weighted by atomic mass is 35.5. The molecule has 7 heteroatoms. The second-order valence-corrected chi connectivity index (χ2v) is 6.27. The second kappa shape index (κ2) is 12.8. The number of carbonyl (C=O) groups excluding carboxylic acids is 1. The molecule has 0 aromatic heterocycles. The highest BCUT2D eigenvalue weighted by Gasteiger charge is 2.12. The third-order valence-electron chi connectivity index (χ3n) is 4.33. The number of benzene rings is 1. The first-order valence-corrected chi connectivity index (χ1v) is 9.26. The Morgan fingerprint density at radius 3 is 2.69 bits per heavy atom. The normalized spacial score (nSPS) is 14.4. The Balaban J connectivity index is 0.00000338. The van der Waals surface area contributed by atoms with Gasteiger partial charge in [0.15, 0.2) is 11.5 Å². The monoisotopic (exact) mass is 385 g/mol. The van der Waals surface area contributed by atoms with Crippen LogP contribution >= 0.6 is 12.4 Å². The maximum absolute atomic E-state index is 12.3. The van der Waals surface area contributed by atoms with Gasteiger partial charge in [0.1, 0.15) is 0 Å². The summed E-state index contributed by atoms with van der Waals surface area (Å²) in [5.74, 6) is 1.22. The zero-order chi connectivity index (χ0) is 17.9. The van der Waals surface area contributed by atoms with Crippen molar-refractivity contribution in [1.82, 2.24) is 15.5 Å². The first-order valence-electron chi connectivity index (χ1n) is 9.26. The van der Waals surface area contributed by atoms with Gasteiger partial charge < -0.3 is 25.0 Å². The van der Waals surface area contributed by atoms with Crippen molar-refractivity contribution < 1.29 is 14.3 Å². The van der Waals surface area contributed by atoms with E-state index in [0.29, 0.717) is 30.2 Å². The fourth-order valence-corrected chi connectivity index (χ4v) is 2.80. The van der Waals surface area contributed by atoms with Crippen molar-refractivity contribution >= 4 is 18.3 Å². The topological polar surface area (TPSA) is 62.8 Å². The first-order chi connectivity index (χ1) is 12.2. The van der Waals surface area contributed by atoms with Crippen LogP contribution in [0.1, 0.15) is 36.5 Å². The van der Waals surface area contributed by atoms with Crippen LogP contribution in [0.3, 0.4) is 0 Å². The molecule has 1 aromatic carbocycles. The maximum atomic E-state index is 12.3. The summed E-state index contributed by atoms with van der Waals surface area (Å²) < 4.78 is 11.1. The number of hydrogen-bond donors (Lipinski definition) is 2. The summed E-state index contributed by atoms with van der Waals surface area (Å²) >= 11 is 0. The number of carbonyl (C=O) groups is 1. The molecule has 0 bridgehead atoms. The number of methoxy groups -OCH3 is 1. The molecule has 0 saturated carbocycles. The van der Waals surface area contributed by atoms with Crippen LogP contribution in [0.25, 0.3) is 0 Å². The van der Waals surface area contributed by atoms with Gasteiger partial charge in [-0.05, 0) is 37.6 Å². The molecule has 0 spiro atoms. The molecule has 1 heterocycles. The number of unbranched alkanes of at least 4 members (excludes halogenated alkanes) is 1. The summed E-state index contributed by atoms with van der Waals surface area (Å²) in [5.41, 5.74) is 0.599. The first kappa shape index (κ1) is 22.5. The van der Waals surface area contributed by atoms with Crippen LogP contribution in [-0.4, -0.2) is 63.8 Å². The van der Waals surface area contributed by atoms with Gasteiger partial charge >= 0.3 is 0 Å². The minimum Gasteiger partial charge on any atom is -0.493 e. The molecule has 0 unspecified atom stereocenters. The summed E-state index contributed by atoms with van der Waals surface area (Å²) in [7, 11) is 1.59. The fourth-order valence-electron chi connectivity index (χ4n) is 2.80. The predicted octanol–water partition coefficient (Wildman–Crippen LogP) is 2.32. The number of halogens is 1. The number of amides is 1. The van der Waals surface area contributed by atoms with Crippen molar-refractivity contribution in [1.29, 1.82) is 0 Å². The maximum Gasteiger partial charge on any atom is 0.251 e. The lowest BCUT2D eigenvalue weighted by Crippen LogP contribution is -2.44. The SMILES string of the molecule is CCCCOc1ccc(C(=O)NCCCN2CCNCC2)cc1OC.Cl. The van der Waals surface area contributed by atoms with E-state index in [2.05, 4.69) is 22.5 Å². The molecule has 0 radical (unpaired) electrons. The molecular formula is C19H32ClN3O3. The van der Waals surface area contributed by atoms with Gasteiger partial charge in [-0.25, -0.2) is 0 Å². The highest BCUT2D eigenvalue weighted by molar-refractivity contribution is 5.94. The van der Waals surface area contributed by atoms with Crippen LogP contribution < -0.4 is 20.1 Å². The third kappa shape index (κ3) is 7.40. The van der Waals surface area contributed by atoms with Gasteiger partial charge in [0.05, 0.1) is 13.7 Å². The number of piperazine rings is 1. The molecule has 1 fully saturated rings. The number of nitrogens with one attached hydrogen (secondary N) is 2. The number of hydrogen-bond acceptors (Lipinski definition) is 5. The average Bonchev–Trinajstić information content (AvgIpc) is 2.66. The second-order valence-electron chi connectivity index (χ2n) is 6.27. The molecule has 1 aliphatic heterocycles. The molecule has 0 aliphatic carbocycles. The summed E-state index contributed by atoms with van der Waals surface area (Å²) in [6, 6.07) is 5.34. The van der Waals surface area contributed by atoms with Crippen LogP contribution in [0.4, 0.5) is 0 Å². The Morgan fingerprint density at radius 2 is 2.00 bits per heavy atom. The molecule has 2 rings (SSSR count). The van der Waals surface area contributed by atoms with Crippen LogP contribution in [0, 0.1) is 0 Å². The molecule has 0 atom stereocenters. The van der Waals surface area contributed by atoms with Crippen LogP contribution in [0.2, 0.25) is 0 Å². The standard InChI is InChI=1S/C19H31N3O3.ClH/c1-3-4-14-25-17-7-6-16(15-18(17)24-2)19(23)21-8-5-11-22-12-9-20-10-13-22;/h6-7,15,20H,3-5,8-14H2,1-2H3,(H,21,23);1H.